The quantitative estimate of drug-likeness (QED) is 0.636. The highest BCUT2D eigenvalue weighted by Crippen LogP contribution is 2.21. The van der Waals surface area contributed by atoms with Crippen LogP contribution in [0.3, 0.4) is 0 Å². The summed E-state index contributed by atoms with van der Waals surface area (Å²) >= 11 is 0. The molecule has 29 heavy (non-hydrogen) atoms. The number of hydrogen-bond donors (Lipinski definition) is 1. The van der Waals surface area contributed by atoms with Crippen LogP contribution in [0.1, 0.15) is 49.5 Å². The van der Waals surface area contributed by atoms with Crippen molar-refractivity contribution in [2.45, 2.75) is 51.1 Å². The summed E-state index contributed by atoms with van der Waals surface area (Å²) in [6, 6.07) is 13.5. The van der Waals surface area contributed by atoms with E-state index in [1.807, 2.05) is 6.92 Å². The maximum Gasteiger partial charge on any atom is 0.251 e. The first-order valence-corrected chi connectivity index (χ1v) is 11.3. The molecule has 6 nitrogen and oxygen atoms in total. The Morgan fingerprint density at radius 3 is 2.21 bits per heavy atom. The molecule has 0 heterocycles. The van der Waals surface area contributed by atoms with E-state index >= 15 is 0 Å². The molecule has 158 valence electrons. The lowest BCUT2D eigenvalue weighted by molar-refractivity contribution is 0.0938. The highest BCUT2D eigenvalue weighted by Gasteiger charge is 2.23. The van der Waals surface area contributed by atoms with Crippen LogP contribution in [-0.4, -0.2) is 38.3 Å². The maximum absolute atomic E-state index is 12.9. The SMILES string of the molecule is CCCC(C)NC(=O)c1ccc(CN(CC)S(=O)(=O)c2ccc(OC)cc2)cc1. The van der Waals surface area contributed by atoms with Gasteiger partial charge < -0.3 is 10.1 Å². The van der Waals surface area contributed by atoms with Gasteiger partial charge in [0.25, 0.3) is 5.91 Å². The third kappa shape index (κ3) is 6.05. The second-order valence-corrected chi connectivity index (χ2v) is 8.90. The fourth-order valence-corrected chi connectivity index (χ4v) is 4.48. The van der Waals surface area contributed by atoms with Gasteiger partial charge in [-0.1, -0.05) is 32.4 Å². The van der Waals surface area contributed by atoms with E-state index in [4.69, 9.17) is 4.74 Å². The molecular weight excluding hydrogens is 388 g/mol. The van der Waals surface area contributed by atoms with Gasteiger partial charge in [-0.05, 0) is 55.3 Å². The monoisotopic (exact) mass is 418 g/mol. The van der Waals surface area contributed by atoms with Crippen molar-refractivity contribution in [3.8, 4) is 5.75 Å². The van der Waals surface area contributed by atoms with Crippen molar-refractivity contribution in [2.24, 2.45) is 0 Å². The average molecular weight is 419 g/mol. The van der Waals surface area contributed by atoms with E-state index in [9.17, 15) is 13.2 Å². The molecule has 0 radical (unpaired) electrons. The molecule has 0 saturated carbocycles. The molecule has 0 spiro atoms. The molecule has 0 aliphatic carbocycles. The lowest BCUT2D eigenvalue weighted by atomic mass is 10.1. The van der Waals surface area contributed by atoms with Crippen molar-refractivity contribution in [2.75, 3.05) is 13.7 Å². The van der Waals surface area contributed by atoms with Crippen molar-refractivity contribution in [1.29, 1.82) is 0 Å². The standard InChI is InChI=1S/C22H30N2O4S/c1-5-7-17(3)23-22(25)19-10-8-18(9-11-19)16-24(6-2)29(26,27)21-14-12-20(28-4)13-15-21/h8-15,17H,5-7,16H2,1-4H3,(H,23,25). The molecule has 1 unspecified atom stereocenters. The lowest BCUT2D eigenvalue weighted by Gasteiger charge is -2.21. The van der Waals surface area contributed by atoms with Crippen LogP contribution in [-0.2, 0) is 16.6 Å². The van der Waals surface area contributed by atoms with E-state index < -0.39 is 10.0 Å². The molecule has 0 aliphatic rings. The van der Waals surface area contributed by atoms with Crippen LogP contribution < -0.4 is 10.1 Å². The minimum Gasteiger partial charge on any atom is -0.497 e. The van der Waals surface area contributed by atoms with Crippen molar-refractivity contribution in [1.82, 2.24) is 9.62 Å². The van der Waals surface area contributed by atoms with Crippen molar-refractivity contribution in [3.05, 3.63) is 59.7 Å². The number of carbonyl (C=O) groups excluding carboxylic acids is 1. The number of benzene rings is 2. The molecule has 0 bridgehead atoms. The van der Waals surface area contributed by atoms with E-state index in [2.05, 4.69) is 12.2 Å². The Hall–Kier alpha value is -2.38. The number of amides is 1. The molecule has 0 aromatic heterocycles. The van der Waals surface area contributed by atoms with E-state index in [1.54, 1.807) is 55.5 Å². The molecule has 0 aliphatic heterocycles. The van der Waals surface area contributed by atoms with Gasteiger partial charge in [-0.15, -0.1) is 0 Å². The highest BCUT2D eigenvalue weighted by molar-refractivity contribution is 7.89. The molecule has 0 saturated heterocycles. The van der Waals surface area contributed by atoms with Gasteiger partial charge in [0.1, 0.15) is 5.75 Å². The topological polar surface area (TPSA) is 75.7 Å². The Morgan fingerprint density at radius 1 is 1.07 bits per heavy atom. The van der Waals surface area contributed by atoms with Gasteiger partial charge in [-0.3, -0.25) is 4.79 Å². The van der Waals surface area contributed by atoms with Crippen LogP contribution in [0.5, 0.6) is 5.75 Å². The average Bonchev–Trinajstić information content (AvgIpc) is 2.72. The fraction of sp³-hybridized carbons (Fsp3) is 0.409. The first-order valence-electron chi connectivity index (χ1n) is 9.85. The Bertz CT molecular complexity index is 893. The Balaban J connectivity index is 2.11. The Labute approximate surface area is 173 Å². The molecule has 1 N–H and O–H groups in total. The second kappa shape index (κ2) is 10.4. The predicted molar refractivity (Wildman–Crippen MR) is 115 cm³/mol. The van der Waals surface area contributed by atoms with Crippen LogP contribution in [0.15, 0.2) is 53.4 Å². The second-order valence-electron chi connectivity index (χ2n) is 6.97. The first-order chi connectivity index (χ1) is 13.8. The van der Waals surface area contributed by atoms with E-state index in [-0.39, 0.29) is 23.4 Å². The minimum absolute atomic E-state index is 0.115. The van der Waals surface area contributed by atoms with E-state index in [1.165, 1.54) is 11.4 Å². The van der Waals surface area contributed by atoms with Gasteiger partial charge in [0.15, 0.2) is 0 Å². The van der Waals surface area contributed by atoms with Gasteiger partial charge in [0, 0.05) is 24.7 Å². The summed E-state index contributed by atoms with van der Waals surface area (Å²) in [6.07, 6.45) is 1.94. The number of ether oxygens (including phenoxy) is 1. The van der Waals surface area contributed by atoms with Crippen LogP contribution in [0.2, 0.25) is 0 Å². The third-order valence-corrected chi connectivity index (χ3v) is 6.66. The Morgan fingerprint density at radius 2 is 1.69 bits per heavy atom. The minimum atomic E-state index is -3.62. The highest BCUT2D eigenvalue weighted by atomic mass is 32.2. The van der Waals surface area contributed by atoms with Gasteiger partial charge in [-0.25, -0.2) is 8.42 Å². The normalized spacial score (nSPS) is 12.6. The van der Waals surface area contributed by atoms with E-state index in [0.717, 1.165) is 18.4 Å². The third-order valence-electron chi connectivity index (χ3n) is 4.72. The van der Waals surface area contributed by atoms with Gasteiger partial charge in [0.2, 0.25) is 10.0 Å². The summed E-state index contributed by atoms with van der Waals surface area (Å²) in [7, 11) is -2.09. The summed E-state index contributed by atoms with van der Waals surface area (Å²) in [4.78, 5) is 12.5. The van der Waals surface area contributed by atoms with Crippen molar-refractivity contribution >= 4 is 15.9 Å². The van der Waals surface area contributed by atoms with Gasteiger partial charge in [0.05, 0.1) is 12.0 Å². The molecule has 1 amide bonds. The zero-order chi connectivity index (χ0) is 21.4. The van der Waals surface area contributed by atoms with Crippen molar-refractivity contribution < 1.29 is 17.9 Å². The number of carbonyl (C=O) groups is 1. The number of nitrogens with zero attached hydrogens (tertiary/aromatic N) is 1. The van der Waals surface area contributed by atoms with Crippen molar-refractivity contribution in [3.63, 3.8) is 0 Å². The number of methoxy groups -OCH3 is 1. The number of hydrogen-bond acceptors (Lipinski definition) is 4. The molecule has 2 aromatic carbocycles. The maximum atomic E-state index is 12.9. The summed E-state index contributed by atoms with van der Waals surface area (Å²) < 4.78 is 32.4. The summed E-state index contributed by atoms with van der Waals surface area (Å²) in [5.41, 5.74) is 1.39. The number of nitrogens with one attached hydrogen (secondary N) is 1. The largest absolute Gasteiger partial charge is 0.497 e. The number of rotatable bonds is 10. The predicted octanol–water partition coefficient (Wildman–Crippen LogP) is 3.82. The van der Waals surface area contributed by atoms with Crippen LogP contribution >= 0.6 is 0 Å². The van der Waals surface area contributed by atoms with Gasteiger partial charge in [-0.2, -0.15) is 4.31 Å². The van der Waals surface area contributed by atoms with Crippen LogP contribution in [0.25, 0.3) is 0 Å². The summed E-state index contributed by atoms with van der Waals surface area (Å²) in [5.74, 6) is 0.491. The van der Waals surface area contributed by atoms with E-state index in [0.29, 0.717) is 17.9 Å². The Kier molecular flexibility index (Phi) is 8.22. The zero-order valence-electron chi connectivity index (χ0n) is 17.5. The molecule has 7 heteroatoms. The van der Waals surface area contributed by atoms with Gasteiger partial charge >= 0.3 is 0 Å². The zero-order valence-corrected chi connectivity index (χ0v) is 18.3. The van der Waals surface area contributed by atoms with Crippen LogP contribution in [0, 0.1) is 0 Å². The molecule has 2 rings (SSSR count). The van der Waals surface area contributed by atoms with Crippen LogP contribution in [0.4, 0.5) is 0 Å². The molecular formula is C22H30N2O4S. The summed E-state index contributed by atoms with van der Waals surface area (Å²) in [5, 5.41) is 2.97. The first kappa shape index (κ1) is 22.9. The molecule has 2 aromatic rings. The number of sulfonamides is 1. The smallest absolute Gasteiger partial charge is 0.251 e. The lowest BCUT2D eigenvalue weighted by Crippen LogP contribution is -2.32. The fourth-order valence-electron chi connectivity index (χ4n) is 3.04. The molecule has 1 atom stereocenters. The summed E-state index contributed by atoms with van der Waals surface area (Å²) in [6.45, 7) is 6.44. The molecule has 0 fully saturated rings.